The molecule has 1 N–H and O–H groups in total. The standard InChI is InChI=1S/C19H22N4O2/c1-20-18(24)17-14-23(19(25)16-8-5-9-21-12-16)11-10-22(17)13-15-6-3-2-4-7-15/h2-9,12,17H,10-11,13-14H2,1H3,(H,20,24)/t17-/m0/s1. The van der Waals surface area contributed by atoms with Crippen LogP contribution in [-0.2, 0) is 11.3 Å². The number of aromatic nitrogens is 1. The topological polar surface area (TPSA) is 65.5 Å². The highest BCUT2D eigenvalue weighted by Crippen LogP contribution is 2.16. The zero-order valence-electron chi connectivity index (χ0n) is 14.3. The first-order chi connectivity index (χ1) is 12.2. The third-order valence-electron chi connectivity index (χ3n) is 4.46. The quantitative estimate of drug-likeness (QED) is 0.908. The molecule has 1 aliphatic heterocycles. The highest BCUT2D eigenvalue weighted by atomic mass is 16.2. The minimum absolute atomic E-state index is 0.0698. The van der Waals surface area contributed by atoms with Crippen LogP contribution in [-0.4, -0.2) is 59.3 Å². The molecule has 1 aliphatic rings. The Labute approximate surface area is 147 Å². The van der Waals surface area contributed by atoms with E-state index in [9.17, 15) is 9.59 Å². The van der Waals surface area contributed by atoms with Gasteiger partial charge in [0.1, 0.15) is 6.04 Å². The van der Waals surface area contributed by atoms with Crippen LogP contribution in [0.25, 0.3) is 0 Å². The number of pyridine rings is 1. The van der Waals surface area contributed by atoms with Gasteiger partial charge in [0.05, 0.1) is 5.56 Å². The Hall–Kier alpha value is -2.73. The molecule has 1 aromatic heterocycles. The van der Waals surface area contributed by atoms with E-state index in [2.05, 4.69) is 15.2 Å². The van der Waals surface area contributed by atoms with E-state index < -0.39 is 0 Å². The van der Waals surface area contributed by atoms with E-state index in [4.69, 9.17) is 0 Å². The predicted molar refractivity (Wildman–Crippen MR) is 94.8 cm³/mol. The van der Waals surface area contributed by atoms with Crippen LogP contribution in [0.1, 0.15) is 15.9 Å². The van der Waals surface area contributed by atoms with Crippen molar-refractivity contribution in [3.05, 3.63) is 66.0 Å². The van der Waals surface area contributed by atoms with E-state index in [1.165, 1.54) is 0 Å². The minimum atomic E-state index is -0.362. The first-order valence-corrected chi connectivity index (χ1v) is 8.38. The Bertz CT molecular complexity index is 721. The van der Waals surface area contributed by atoms with Crippen LogP contribution in [0.4, 0.5) is 0 Å². The second-order valence-electron chi connectivity index (χ2n) is 6.08. The van der Waals surface area contributed by atoms with E-state index in [-0.39, 0.29) is 17.9 Å². The summed E-state index contributed by atoms with van der Waals surface area (Å²) in [6.07, 6.45) is 3.20. The molecular formula is C19H22N4O2. The van der Waals surface area contributed by atoms with E-state index in [0.29, 0.717) is 31.7 Å². The molecule has 6 heteroatoms. The zero-order valence-corrected chi connectivity index (χ0v) is 14.3. The summed E-state index contributed by atoms with van der Waals surface area (Å²) in [5, 5.41) is 2.72. The van der Waals surface area contributed by atoms with Crippen molar-refractivity contribution in [1.82, 2.24) is 20.1 Å². The van der Waals surface area contributed by atoms with E-state index >= 15 is 0 Å². The smallest absolute Gasteiger partial charge is 0.255 e. The second-order valence-corrected chi connectivity index (χ2v) is 6.08. The maximum Gasteiger partial charge on any atom is 0.255 e. The Morgan fingerprint density at radius 3 is 2.64 bits per heavy atom. The fourth-order valence-electron chi connectivity index (χ4n) is 3.10. The lowest BCUT2D eigenvalue weighted by Gasteiger charge is -2.40. The van der Waals surface area contributed by atoms with Crippen LogP contribution in [0.3, 0.4) is 0 Å². The van der Waals surface area contributed by atoms with Crippen molar-refractivity contribution in [2.24, 2.45) is 0 Å². The van der Waals surface area contributed by atoms with Gasteiger partial charge in [0.2, 0.25) is 5.91 Å². The molecule has 1 fully saturated rings. The molecule has 1 saturated heterocycles. The molecule has 0 bridgehead atoms. The minimum Gasteiger partial charge on any atom is -0.358 e. The lowest BCUT2D eigenvalue weighted by molar-refractivity contribution is -0.128. The third kappa shape index (κ3) is 4.03. The van der Waals surface area contributed by atoms with Crippen molar-refractivity contribution in [3.63, 3.8) is 0 Å². The van der Waals surface area contributed by atoms with Crippen LogP contribution in [0, 0.1) is 0 Å². The number of carbonyl (C=O) groups excluding carboxylic acids is 2. The van der Waals surface area contributed by atoms with Crippen molar-refractivity contribution in [2.75, 3.05) is 26.7 Å². The van der Waals surface area contributed by atoms with Gasteiger partial charge in [0, 0.05) is 45.6 Å². The van der Waals surface area contributed by atoms with Crippen molar-refractivity contribution >= 4 is 11.8 Å². The molecule has 0 unspecified atom stereocenters. The Kier molecular flexibility index (Phi) is 5.40. The predicted octanol–water partition coefficient (Wildman–Crippen LogP) is 1.15. The number of amides is 2. The monoisotopic (exact) mass is 338 g/mol. The van der Waals surface area contributed by atoms with Gasteiger partial charge in [0.25, 0.3) is 5.91 Å². The zero-order chi connectivity index (χ0) is 17.6. The van der Waals surface area contributed by atoms with Gasteiger partial charge in [0.15, 0.2) is 0 Å². The maximum absolute atomic E-state index is 12.7. The molecule has 2 aromatic rings. The molecule has 2 amide bonds. The van der Waals surface area contributed by atoms with Crippen LogP contribution < -0.4 is 5.32 Å². The van der Waals surface area contributed by atoms with Gasteiger partial charge in [-0.15, -0.1) is 0 Å². The van der Waals surface area contributed by atoms with Gasteiger partial charge in [-0.25, -0.2) is 0 Å². The number of hydrogen-bond acceptors (Lipinski definition) is 4. The summed E-state index contributed by atoms with van der Waals surface area (Å²) in [4.78, 5) is 32.9. The van der Waals surface area contributed by atoms with Crippen molar-refractivity contribution in [3.8, 4) is 0 Å². The molecule has 6 nitrogen and oxygen atoms in total. The van der Waals surface area contributed by atoms with Gasteiger partial charge < -0.3 is 10.2 Å². The highest BCUT2D eigenvalue weighted by Gasteiger charge is 2.34. The van der Waals surface area contributed by atoms with Gasteiger partial charge in [-0.2, -0.15) is 0 Å². The number of nitrogens with one attached hydrogen (secondary N) is 1. The molecule has 2 heterocycles. The van der Waals surface area contributed by atoms with Gasteiger partial charge >= 0.3 is 0 Å². The number of nitrogens with zero attached hydrogens (tertiary/aromatic N) is 3. The highest BCUT2D eigenvalue weighted by molar-refractivity contribution is 5.94. The number of carbonyl (C=O) groups is 2. The van der Waals surface area contributed by atoms with Crippen LogP contribution in [0.5, 0.6) is 0 Å². The summed E-state index contributed by atoms with van der Waals surface area (Å²) in [6, 6.07) is 13.2. The summed E-state index contributed by atoms with van der Waals surface area (Å²) < 4.78 is 0. The summed E-state index contributed by atoms with van der Waals surface area (Å²) >= 11 is 0. The molecule has 0 aliphatic carbocycles. The fraction of sp³-hybridized carbons (Fsp3) is 0.316. The largest absolute Gasteiger partial charge is 0.358 e. The van der Waals surface area contributed by atoms with Crippen molar-refractivity contribution in [2.45, 2.75) is 12.6 Å². The molecule has 1 atom stereocenters. The SMILES string of the molecule is CNC(=O)[C@@H]1CN(C(=O)c2cccnc2)CCN1Cc1ccccc1. The summed E-state index contributed by atoms with van der Waals surface area (Å²) in [7, 11) is 1.63. The average molecular weight is 338 g/mol. The van der Waals surface area contributed by atoms with E-state index in [1.54, 1.807) is 36.5 Å². The molecule has 0 saturated carbocycles. The van der Waals surface area contributed by atoms with Crippen molar-refractivity contribution < 1.29 is 9.59 Å². The molecular weight excluding hydrogens is 316 g/mol. The number of benzene rings is 1. The second kappa shape index (κ2) is 7.90. The lowest BCUT2D eigenvalue weighted by atomic mass is 10.1. The third-order valence-corrected chi connectivity index (χ3v) is 4.46. The van der Waals surface area contributed by atoms with Crippen LogP contribution >= 0.6 is 0 Å². The molecule has 0 spiro atoms. The normalized spacial score (nSPS) is 18.0. The maximum atomic E-state index is 12.7. The Morgan fingerprint density at radius 1 is 1.16 bits per heavy atom. The summed E-state index contributed by atoms with van der Waals surface area (Å²) in [5.41, 5.74) is 1.71. The number of rotatable bonds is 4. The fourth-order valence-corrected chi connectivity index (χ4v) is 3.10. The number of piperazine rings is 1. The van der Waals surface area contributed by atoms with E-state index in [0.717, 1.165) is 5.56 Å². The summed E-state index contributed by atoms with van der Waals surface area (Å²) in [6.45, 7) is 2.31. The van der Waals surface area contributed by atoms with Crippen molar-refractivity contribution in [1.29, 1.82) is 0 Å². The number of likely N-dealkylation sites (N-methyl/N-ethyl adjacent to an activating group) is 1. The van der Waals surface area contributed by atoms with Gasteiger partial charge in [-0.3, -0.25) is 19.5 Å². The molecule has 1 aromatic carbocycles. The first kappa shape index (κ1) is 17.1. The van der Waals surface area contributed by atoms with Crippen LogP contribution in [0.15, 0.2) is 54.9 Å². The Balaban J connectivity index is 1.74. The molecule has 130 valence electrons. The van der Waals surface area contributed by atoms with Crippen LogP contribution in [0.2, 0.25) is 0 Å². The van der Waals surface area contributed by atoms with E-state index in [1.807, 2.05) is 30.3 Å². The first-order valence-electron chi connectivity index (χ1n) is 8.38. The lowest BCUT2D eigenvalue weighted by Crippen LogP contribution is -2.59. The summed E-state index contributed by atoms with van der Waals surface area (Å²) in [5.74, 6) is -0.152. The Morgan fingerprint density at radius 2 is 1.96 bits per heavy atom. The van der Waals surface area contributed by atoms with Gasteiger partial charge in [-0.05, 0) is 17.7 Å². The molecule has 0 radical (unpaired) electrons. The molecule has 3 rings (SSSR count). The average Bonchev–Trinajstić information content (AvgIpc) is 2.68. The molecule has 25 heavy (non-hydrogen) atoms. The number of hydrogen-bond donors (Lipinski definition) is 1. The van der Waals surface area contributed by atoms with Gasteiger partial charge in [-0.1, -0.05) is 30.3 Å².